The summed E-state index contributed by atoms with van der Waals surface area (Å²) in [4.78, 5) is 39.8. The van der Waals surface area contributed by atoms with E-state index in [1.54, 1.807) is 17.0 Å². The minimum atomic E-state index is -0.922. The summed E-state index contributed by atoms with van der Waals surface area (Å²) in [5, 5.41) is 9.36. The van der Waals surface area contributed by atoms with Gasteiger partial charge in [-0.25, -0.2) is 4.79 Å². The van der Waals surface area contributed by atoms with Crippen LogP contribution in [-0.4, -0.2) is 65.0 Å². The third kappa shape index (κ3) is 4.78. The van der Waals surface area contributed by atoms with Gasteiger partial charge in [0.05, 0.1) is 0 Å². The number of carboxylic acids is 1. The van der Waals surface area contributed by atoms with Crippen LogP contribution in [0.15, 0.2) is 30.3 Å². The summed E-state index contributed by atoms with van der Waals surface area (Å²) in [5.41, 5.74) is 0. The van der Waals surface area contributed by atoms with E-state index in [2.05, 4.69) is 0 Å². The molecule has 0 bridgehead atoms. The van der Waals surface area contributed by atoms with Gasteiger partial charge in [-0.2, -0.15) is 0 Å². The Morgan fingerprint density at radius 1 is 1.00 bits per heavy atom. The van der Waals surface area contributed by atoms with Gasteiger partial charge in [-0.3, -0.25) is 9.59 Å². The van der Waals surface area contributed by atoms with Crippen LogP contribution in [0.3, 0.4) is 0 Å². The predicted octanol–water partition coefficient (Wildman–Crippen LogP) is 1.77. The summed E-state index contributed by atoms with van der Waals surface area (Å²) in [6.45, 7) is 1.49. The number of amides is 2. The molecule has 1 aromatic carbocycles. The van der Waals surface area contributed by atoms with Gasteiger partial charge in [0.15, 0.2) is 6.61 Å². The van der Waals surface area contributed by atoms with E-state index in [1.165, 1.54) is 4.90 Å². The SMILES string of the molecule is O=C(O)C1CCCCN1C(=O)C1CCN(C(=O)COc2ccccc2)CC1. The van der Waals surface area contributed by atoms with E-state index < -0.39 is 12.0 Å². The number of ether oxygens (including phenoxy) is 1. The third-order valence-electron chi connectivity index (χ3n) is 5.37. The zero-order valence-corrected chi connectivity index (χ0v) is 15.4. The molecule has 2 aliphatic rings. The fraction of sp³-hybridized carbons (Fsp3) is 0.550. The molecule has 7 heteroatoms. The van der Waals surface area contributed by atoms with Crippen LogP contribution in [0, 0.1) is 5.92 Å². The monoisotopic (exact) mass is 374 g/mol. The summed E-state index contributed by atoms with van der Waals surface area (Å²) in [6.07, 6.45) is 3.35. The van der Waals surface area contributed by atoms with E-state index in [0.717, 1.165) is 12.8 Å². The zero-order chi connectivity index (χ0) is 19.2. The number of nitrogens with zero attached hydrogens (tertiary/aromatic N) is 2. The lowest BCUT2D eigenvalue weighted by molar-refractivity contribution is -0.155. The topological polar surface area (TPSA) is 87.2 Å². The molecule has 1 aromatic rings. The number of para-hydroxylation sites is 1. The van der Waals surface area contributed by atoms with Crippen LogP contribution in [-0.2, 0) is 14.4 Å². The molecule has 2 amide bonds. The second-order valence-electron chi connectivity index (χ2n) is 7.14. The second kappa shape index (κ2) is 8.88. The van der Waals surface area contributed by atoms with Crippen LogP contribution in [0.2, 0.25) is 0 Å². The lowest BCUT2D eigenvalue weighted by atomic mass is 9.92. The van der Waals surface area contributed by atoms with E-state index in [9.17, 15) is 19.5 Å². The fourth-order valence-electron chi connectivity index (χ4n) is 3.82. The molecule has 27 heavy (non-hydrogen) atoms. The Morgan fingerprint density at radius 3 is 2.37 bits per heavy atom. The standard InChI is InChI=1S/C20H26N2O5/c23-18(14-27-16-6-2-1-3-7-16)21-12-9-15(10-13-21)19(24)22-11-5-4-8-17(22)20(25)26/h1-3,6-7,15,17H,4-5,8-14H2,(H,25,26). The van der Waals surface area contributed by atoms with E-state index in [0.29, 0.717) is 44.6 Å². The summed E-state index contributed by atoms with van der Waals surface area (Å²) >= 11 is 0. The van der Waals surface area contributed by atoms with E-state index in [1.807, 2.05) is 18.2 Å². The molecule has 2 fully saturated rings. The molecule has 1 unspecified atom stereocenters. The highest BCUT2D eigenvalue weighted by Crippen LogP contribution is 2.25. The number of carboxylic acid groups (broad SMARTS) is 1. The van der Waals surface area contributed by atoms with Crippen molar-refractivity contribution in [3.8, 4) is 5.75 Å². The molecule has 0 aromatic heterocycles. The largest absolute Gasteiger partial charge is 0.484 e. The Morgan fingerprint density at radius 2 is 1.70 bits per heavy atom. The quantitative estimate of drug-likeness (QED) is 0.849. The minimum absolute atomic E-state index is 0.0180. The third-order valence-corrected chi connectivity index (χ3v) is 5.37. The number of hydrogen-bond acceptors (Lipinski definition) is 4. The van der Waals surface area contributed by atoms with Crippen molar-refractivity contribution in [1.29, 1.82) is 0 Å². The van der Waals surface area contributed by atoms with Crippen LogP contribution >= 0.6 is 0 Å². The summed E-state index contributed by atoms with van der Waals surface area (Å²) < 4.78 is 5.50. The van der Waals surface area contributed by atoms with Crippen molar-refractivity contribution in [2.45, 2.75) is 38.1 Å². The Labute approximate surface area is 158 Å². The van der Waals surface area contributed by atoms with E-state index in [-0.39, 0.29) is 24.3 Å². The normalized spacial score (nSPS) is 21.0. The van der Waals surface area contributed by atoms with Gasteiger partial charge in [0.2, 0.25) is 5.91 Å². The molecule has 0 spiro atoms. The van der Waals surface area contributed by atoms with Crippen molar-refractivity contribution >= 4 is 17.8 Å². The van der Waals surface area contributed by atoms with Crippen LogP contribution in [0.5, 0.6) is 5.75 Å². The molecule has 7 nitrogen and oxygen atoms in total. The van der Waals surface area contributed by atoms with Gasteiger partial charge in [-0.15, -0.1) is 0 Å². The van der Waals surface area contributed by atoms with Crippen molar-refractivity contribution in [3.63, 3.8) is 0 Å². The van der Waals surface area contributed by atoms with Crippen LogP contribution in [0.4, 0.5) is 0 Å². The molecule has 146 valence electrons. The van der Waals surface area contributed by atoms with Gasteiger partial charge in [-0.05, 0) is 44.2 Å². The first-order chi connectivity index (χ1) is 13.1. The number of hydrogen-bond donors (Lipinski definition) is 1. The Bertz CT molecular complexity index is 670. The maximum atomic E-state index is 12.8. The van der Waals surface area contributed by atoms with Gasteiger partial charge < -0.3 is 19.6 Å². The van der Waals surface area contributed by atoms with Gasteiger partial charge in [0, 0.05) is 25.6 Å². The fourth-order valence-corrected chi connectivity index (χ4v) is 3.82. The van der Waals surface area contributed by atoms with Gasteiger partial charge in [0.1, 0.15) is 11.8 Å². The number of piperidine rings is 2. The maximum absolute atomic E-state index is 12.8. The van der Waals surface area contributed by atoms with Crippen LogP contribution < -0.4 is 4.74 Å². The molecule has 2 heterocycles. The lowest BCUT2D eigenvalue weighted by Gasteiger charge is -2.38. The van der Waals surface area contributed by atoms with Crippen molar-refractivity contribution in [3.05, 3.63) is 30.3 Å². The first-order valence-corrected chi connectivity index (χ1v) is 9.55. The molecule has 0 saturated carbocycles. The Balaban J connectivity index is 1.48. The van der Waals surface area contributed by atoms with Gasteiger partial charge >= 0.3 is 5.97 Å². The first-order valence-electron chi connectivity index (χ1n) is 9.55. The molecular weight excluding hydrogens is 348 g/mol. The number of carbonyl (C=O) groups excluding carboxylic acids is 2. The van der Waals surface area contributed by atoms with Gasteiger partial charge in [-0.1, -0.05) is 18.2 Å². The molecule has 0 radical (unpaired) electrons. The number of benzene rings is 1. The average molecular weight is 374 g/mol. The minimum Gasteiger partial charge on any atom is -0.484 e. The van der Waals surface area contributed by atoms with Crippen molar-refractivity contribution in [1.82, 2.24) is 9.80 Å². The van der Waals surface area contributed by atoms with E-state index in [4.69, 9.17) is 4.74 Å². The summed E-state index contributed by atoms with van der Waals surface area (Å²) in [7, 11) is 0. The van der Waals surface area contributed by atoms with Crippen molar-refractivity contribution in [2.24, 2.45) is 5.92 Å². The molecular formula is C20H26N2O5. The van der Waals surface area contributed by atoms with Crippen LogP contribution in [0.25, 0.3) is 0 Å². The maximum Gasteiger partial charge on any atom is 0.326 e. The number of aliphatic carboxylic acids is 1. The summed E-state index contributed by atoms with van der Waals surface area (Å²) in [5.74, 6) is -0.639. The molecule has 2 aliphatic heterocycles. The van der Waals surface area contributed by atoms with Gasteiger partial charge in [0.25, 0.3) is 5.91 Å². The Kier molecular flexibility index (Phi) is 6.32. The average Bonchev–Trinajstić information content (AvgIpc) is 2.72. The Hall–Kier alpha value is -2.57. The smallest absolute Gasteiger partial charge is 0.326 e. The molecule has 0 aliphatic carbocycles. The predicted molar refractivity (Wildman–Crippen MR) is 98.2 cm³/mol. The molecule has 1 N–H and O–H groups in total. The highest BCUT2D eigenvalue weighted by Gasteiger charge is 2.37. The molecule has 3 rings (SSSR count). The number of rotatable bonds is 5. The van der Waals surface area contributed by atoms with E-state index >= 15 is 0 Å². The van der Waals surface area contributed by atoms with Crippen molar-refractivity contribution in [2.75, 3.05) is 26.2 Å². The molecule has 2 saturated heterocycles. The number of carbonyl (C=O) groups is 3. The number of likely N-dealkylation sites (tertiary alicyclic amines) is 2. The second-order valence-corrected chi connectivity index (χ2v) is 7.14. The lowest BCUT2D eigenvalue weighted by Crippen LogP contribution is -2.52. The highest BCUT2D eigenvalue weighted by atomic mass is 16.5. The zero-order valence-electron chi connectivity index (χ0n) is 15.4. The summed E-state index contributed by atoms with van der Waals surface area (Å²) in [6, 6.07) is 8.48. The first kappa shape index (κ1) is 19.2. The molecule has 1 atom stereocenters. The van der Waals surface area contributed by atoms with Crippen LogP contribution in [0.1, 0.15) is 32.1 Å². The highest BCUT2D eigenvalue weighted by molar-refractivity contribution is 5.85. The van der Waals surface area contributed by atoms with Crippen molar-refractivity contribution < 1.29 is 24.2 Å².